The van der Waals surface area contributed by atoms with E-state index in [4.69, 9.17) is 21.4 Å². The summed E-state index contributed by atoms with van der Waals surface area (Å²) in [7, 11) is -2.44. The van der Waals surface area contributed by atoms with Crippen molar-refractivity contribution in [2.24, 2.45) is 5.41 Å². The Hall–Kier alpha value is -3.61. The fourth-order valence-electron chi connectivity index (χ4n) is 4.07. The number of rotatable bonds is 11. The third kappa shape index (κ3) is 6.52. The molecule has 2 heterocycles. The second-order valence-corrected chi connectivity index (χ2v) is 13.1. The number of aromatic nitrogens is 2. The zero-order valence-electron chi connectivity index (χ0n) is 21.4. The molecule has 0 aliphatic rings. The number of aliphatic carboxylic acids is 1. The average molecular weight is 591 g/mol. The summed E-state index contributed by atoms with van der Waals surface area (Å²) >= 11 is 6.88. The molecule has 0 atom stereocenters. The molecule has 0 fully saturated rings. The summed E-state index contributed by atoms with van der Waals surface area (Å²) in [5, 5.41) is 16.9. The van der Waals surface area contributed by atoms with Crippen molar-refractivity contribution in [3.8, 4) is 5.75 Å². The van der Waals surface area contributed by atoms with Crippen molar-refractivity contribution in [3.05, 3.63) is 70.1 Å². The zero-order chi connectivity index (χ0) is 28.4. The van der Waals surface area contributed by atoms with Crippen molar-refractivity contribution in [2.45, 2.75) is 37.6 Å². The van der Waals surface area contributed by atoms with Crippen LogP contribution in [-0.4, -0.2) is 42.3 Å². The summed E-state index contributed by atoms with van der Waals surface area (Å²) in [6.45, 7) is 3.70. The summed E-state index contributed by atoms with van der Waals surface area (Å²) in [5.41, 5.74) is 1.29. The number of ether oxygens (including phenoxy) is 1. The molecule has 2 aromatic carbocycles. The molecule has 3 N–H and O–H groups in total. The lowest BCUT2D eigenvalue weighted by Gasteiger charge is -2.21. The molecule has 39 heavy (non-hydrogen) atoms. The third-order valence-electron chi connectivity index (χ3n) is 5.99. The highest BCUT2D eigenvalue weighted by Gasteiger charge is 2.30. The molecule has 0 spiro atoms. The van der Waals surface area contributed by atoms with Gasteiger partial charge in [-0.25, -0.2) is 8.42 Å². The van der Waals surface area contributed by atoms with Crippen molar-refractivity contribution in [2.75, 3.05) is 11.8 Å². The van der Waals surface area contributed by atoms with Gasteiger partial charge in [0.1, 0.15) is 9.96 Å². The molecule has 0 aliphatic heterocycles. The number of hydrogen-bond donors (Lipinski definition) is 3. The van der Waals surface area contributed by atoms with Gasteiger partial charge in [0.15, 0.2) is 5.82 Å². The molecule has 4 aromatic rings. The molecule has 4 rings (SSSR count). The van der Waals surface area contributed by atoms with E-state index >= 15 is 0 Å². The lowest BCUT2D eigenvalue weighted by molar-refractivity contribution is -0.144. The van der Waals surface area contributed by atoms with E-state index in [9.17, 15) is 18.0 Å². The standard InChI is InChI=1S/C26H27ClN4O6S2/c1-26(2,13-21(32)33)25(34)28-14-16-6-4-7-17(12-16)15-31-18-8-5-9-19(37-3)23(18)24(29-31)30-39(35,36)22-11-10-20(27)38-22/h4-12H,13-15H2,1-3H3,(H,28,34)(H,29,30)(H,32,33). The predicted octanol–water partition coefficient (Wildman–Crippen LogP) is 4.73. The van der Waals surface area contributed by atoms with E-state index in [1.165, 1.54) is 19.2 Å². The first-order valence-electron chi connectivity index (χ1n) is 11.8. The summed E-state index contributed by atoms with van der Waals surface area (Å²) in [4.78, 5) is 23.6. The van der Waals surface area contributed by atoms with E-state index < -0.39 is 21.4 Å². The van der Waals surface area contributed by atoms with Crippen LogP contribution in [0.5, 0.6) is 5.75 Å². The Bertz CT molecular complexity index is 1650. The van der Waals surface area contributed by atoms with Crippen LogP contribution in [0.3, 0.4) is 0 Å². The van der Waals surface area contributed by atoms with Gasteiger partial charge in [-0.05, 0) is 35.4 Å². The number of hydrogen-bond acceptors (Lipinski definition) is 7. The Balaban J connectivity index is 1.60. The minimum absolute atomic E-state index is 0.0615. The van der Waals surface area contributed by atoms with Gasteiger partial charge in [0.05, 0.1) is 40.7 Å². The number of nitrogens with zero attached hydrogens (tertiary/aromatic N) is 2. The first-order chi connectivity index (χ1) is 18.4. The van der Waals surface area contributed by atoms with Gasteiger partial charge >= 0.3 is 5.97 Å². The van der Waals surface area contributed by atoms with E-state index in [0.29, 0.717) is 27.5 Å². The van der Waals surface area contributed by atoms with Gasteiger partial charge in [0, 0.05) is 6.54 Å². The van der Waals surface area contributed by atoms with Crippen LogP contribution < -0.4 is 14.8 Å². The zero-order valence-corrected chi connectivity index (χ0v) is 23.8. The van der Waals surface area contributed by atoms with Gasteiger partial charge in [-0.15, -0.1) is 11.3 Å². The van der Waals surface area contributed by atoms with Crippen molar-refractivity contribution in [3.63, 3.8) is 0 Å². The number of fused-ring (bicyclic) bond motifs is 1. The molecule has 0 aliphatic carbocycles. The van der Waals surface area contributed by atoms with E-state index in [1.807, 2.05) is 30.3 Å². The molecule has 0 saturated carbocycles. The Morgan fingerprint density at radius 1 is 1.13 bits per heavy atom. The molecule has 0 bridgehead atoms. The van der Waals surface area contributed by atoms with Crippen LogP contribution in [-0.2, 0) is 32.7 Å². The average Bonchev–Trinajstić information content (AvgIpc) is 3.46. The number of methoxy groups -OCH3 is 1. The first-order valence-corrected chi connectivity index (χ1v) is 14.5. The number of nitrogens with one attached hydrogen (secondary N) is 2. The van der Waals surface area contributed by atoms with Crippen LogP contribution in [0.1, 0.15) is 31.4 Å². The fraction of sp³-hybridized carbons (Fsp3) is 0.269. The number of anilines is 1. The van der Waals surface area contributed by atoms with E-state index in [0.717, 1.165) is 22.5 Å². The molecule has 0 unspecified atom stereocenters. The molecule has 0 saturated heterocycles. The molecule has 2 aromatic heterocycles. The van der Waals surface area contributed by atoms with Crippen LogP contribution >= 0.6 is 22.9 Å². The third-order valence-corrected chi connectivity index (χ3v) is 9.05. The summed E-state index contributed by atoms with van der Waals surface area (Å²) in [6, 6.07) is 15.8. The van der Waals surface area contributed by atoms with Crippen LogP contribution in [0.15, 0.2) is 58.8 Å². The number of benzene rings is 2. The summed E-state index contributed by atoms with van der Waals surface area (Å²) in [6.07, 6.45) is -0.277. The van der Waals surface area contributed by atoms with Crippen LogP contribution in [0.2, 0.25) is 4.34 Å². The number of carbonyl (C=O) groups is 2. The molecule has 206 valence electrons. The van der Waals surface area contributed by atoms with Crippen molar-refractivity contribution < 1.29 is 27.9 Å². The molecule has 10 nitrogen and oxygen atoms in total. The maximum absolute atomic E-state index is 13.0. The van der Waals surface area contributed by atoms with E-state index in [2.05, 4.69) is 15.1 Å². The lowest BCUT2D eigenvalue weighted by Crippen LogP contribution is -2.38. The number of sulfonamides is 1. The lowest BCUT2D eigenvalue weighted by atomic mass is 9.88. The van der Waals surface area contributed by atoms with Crippen molar-refractivity contribution in [1.82, 2.24) is 15.1 Å². The quantitative estimate of drug-likeness (QED) is 0.229. The van der Waals surface area contributed by atoms with Gasteiger partial charge in [-0.1, -0.05) is 55.8 Å². The highest BCUT2D eigenvalue weighted by Crippen LogP contribution is 2.35. The normalized spacial score (nSPS) is 11.9. The maximum Gasteiger partial charge on any atom is 0.304 e. The van der Waals surface area contributed by atoms with Gasteiger partial charge in [0.25, 0.3) is 10.0 Å². The van der Waals surface area contributed by atoms with Crippen molar-refractivity contribution >= 4 is 61.6 Å². The number of halogens is 1. The Morgan fingerprint density at radius 2 is 1.85 bits per heavy atom. The molecule has 13 heteroatoms. The van der Waals surface area contributed by atoms with Gasteiger partial charge < -0.3 is 15.2 Å². The van der Waals surface area contributed by atoms with E-state index in [-0.39, 0.29) is 28.9 Å². The number of amides is 1. The minimum atomic E-state index is -3.93. The summed E-state index contributed by atoms with van der Waals surface area (Å²) in [5.74, 6) is -0.817. The monoisotopic (exact) mass is 590 g/mol. The Kier molecular flexibility index (Phi) is 8.19. The van der Waals surface area contributed by atoms with Gasteiger partial charge in [-0.2, -0.15) is 5.10 Å². The highest BCUT2D eigenvalue weighted by molar-refractivity contribution is 7.94. The topological polar surface area (TPSA) is 140 Å². The largest absolute Gasteiger partial charge is 0.496 e. The predicted molar refractivity (Wildman–Crippen MR) is 150 cm³/mol. The molecule has 1 amide bonds. The van der Waals surface area contributed by atoms with Crippen LogP contribution in [0, 0.1) is 5.41 Å². The molecular weight excluding hydrogens is 564 g/mol. The number of thiophene rings is 1. The highest BCUT2D eigenvalue weighted by atomic mass is 35.5. The molecule has 0 radical (unpaired) electrons. The van der Waals surface area contributed by atoms with Crippen molar-refractivity contribution in [1.29, 1.82) is 0 Å². The fourth-order valence-corrected chi connectivity index (χ4v) is 6.56. The number of carbonyl (C=O) groups excluding carboxylic acids is 1. The molecular formula is C26H27ClN4O6S2. The summed E-state index contributed by atoms with van der Waals surface area (Å²) < 4.78 is 36.2. The first kappa shape index (κ1) is 28.4. The number of carboxylic acids is 1. The van der Waals surface area contributed by atoms with Gasteiger partial charge in [-0.3, -0.25) is 19.0 Å². The smallest absolute Gasteiger partial charge is 0.304 e. The van der Waals surface area contributed by atoms with Gasteiger partial charge in [0.2, 0.25) is 5.91 Å². The van der Waals surface area contributed by atoms with Crippen LogP contribution in [0.25, 0.3) is 10.9 Å². The SMILES string of the molecule is COc1cccc2c1c(NS(=O)(=O)c1ccc(Cl)s1)nn2Cc1cccc(CNC(=O)C(C)(C)CC(=O)O)c1. The Labute approximate surface area is 234 Å². The van der Waals surface area contributed by atoms with E-state index in [1.54, 1.807) is 30.7 Å². The van der Waals surface area contributed by atoms with Crippen LogP contribution in [0.4, 0.5) is 5.82 Å². The second kappa shape index (κ2) is 11.2. The number of carboxylic acid groups (broad SMARTS) is 1. The second-order valence-electron chi connectivity index (χ2n) is 9.48. The Morgan fingerprint density at radius 3 is 2.51 bits per heavy atom. The maximum atomic E-state index is 13.0. The minimum Gasteiger partial charge on any atom is -0.496 e.